The van der Waals surface area contributed by atoms with Gasteiger partial charge in [0.05, 0.1) is 0 Å². The van der Waals surface area contributed by atoms with Crippen molar-refractivity contribution in [3.63, 3.8) is 0 Å². The first kappa shape index (κ1) is 18.5. The first-order chi connectivity index (χ1) is 6.66. The minimum Gasteiger partial charge on any atom is -0.384 e. The summed E-state index contributed by atoms with van der Waals surface area (Å²) in [4.78, 5) is 14.8. The largest absolute Gasteiger partial charge is 0.384 e. The number of amides is 1. The molecule has 0 aromatic carbocycles. The van der Waals surface area contributed by atoms with Crippen molar-refractivity contribution < 1.29 is 4.79 Å². The summed E-state index contributed by atoms with van der Waals surface area (Å²) >= 11 is 0. The van der Waals surface area contributed by atoms with Crippen LogP contribution in [0.15, 0.2) is 17.3 Å². The Morgan fingerprint density at radius 2 is 1.64 bits per heavy atom. The molecule has 0 radical (unpaired) electrons. The molecule has 0 spiro atoms. The fourth-order valence-corrected chi connectivity index (χ4v) is 0.329. The van der Waals surface area contributed by atoms with Gasteiger partial charge < -0.3 is 10.6 Å². The van der Waals surface area contributed by atoms with Gasteiger partial charge in [-0.3, -0.25) is 4.79 Å². The van der Waals surface area contributed by atoms with E-state index in [1.165, 1.54) is 0 Å². The SMILES string of the molecule is CC.CC.CN(C)/C=C\C(N)=NC=O. The van der Waals surface area contributed by atoms with Gasteiger partial charge in [-0.1, -0.05) is 27.7 Å². The Hall–Kier alpha value is -1.32. The van der Waals surface area contributed by atoms with Crippen LogP contribution in [0.25, 0.3) is 0 Å². The number of amidine groups is 1. The van der Waals surface area contributed by atoms with E-state index in [0.29, 0.717) is 6.41 Å². The van der Waals surface area contributed by atoms with Gasteiger partial charge in [0.1, 0.15) is 5.84 Å². The maximum atomic E-state index is 9.74. The molecule has 4 nitrogen and oxygen atoms in total. The van der Waals surface area contributed by atoms with Crippen LogP contribution < -0.4 is 5.73 Å². The van der Waals surface area contributed by atoms with Crippen molar-refractivity contribution in [2.45, 2.75) is 27.7 Å². The van der Waals surface area contributed by atoms with Gasteiger partial charge >= 0.3 is 0 Å². The lowest BCUT2D eigenvalue weighted by atomic mass is 10.5. The molecule has 14 heavy (non-hydrogen) atoms. The number of carbonyl (C=O) groups is 1. The van der Waals surface area contributed by atoms with Gasteiger partial charge in [0.25, 0.3) is 0 Å². The van der Waals surface area contributed by atoms with Gasteiger partial charge in [-0.25, -0.2) is 0 Å². The summed E-state index contributed by atoms with van der Waals surface area (Å²) in [7, 11) is 3.70. The van der Waals surface area contributed by atoms with Crippen LogP contribution in [0.3, 0.4) is 0 Å². The lowest BCUT2D eigenvalue weighted by Gasteiger charge is -2.01. The highest BCUT2D eigenvalue weighted by Crippen LogP contribution is 1.76. The summed E-state index contributed by atoms with van der Waals surface area (Å²) in [5, 5.41) is 0. The molecular formula is C10H23N3O. The zero-order valence-corrected chi connectivity index (χ0v) is 10.1. The van der Waals surface area contributed by atoms with Crippen LogP contribution in [0.4, 0.5) is 0 Å². The number of hydrogen-bond donors (Lipinski definition) is 1. The molecule has 0 unspecified atom stereocenters. The van der Waals surface area contributed by atoms with Crippen molar-refractivity contribution in [3.05, 3.63) is 12.3 Å². The zero-order chi connectivity index (χ0) is 12.0. The van der Waals surface area contributed by atoms with Gasteiger partial charge in [-0.05, 0) is 6.08 Å². The van der Waals surface area contributed by atoms with Crippen LogP contribution in [-0.4, -0.2) is 31.2 Å². The summed E-state index contributed by atoms with van der Waals surface area (Å²) in [5.41, 5.74) is 5.24. The van der Waals surface area contributed by atoms with Crippen LogP contribution in [0, 0.1) is 0 Å². The first-order valence-electron chi connectivity index (χ1n) is 4.78. The van der Waals surface area contributed by atoms with E-state index in [1.54, 1.807) is 17.2 Å². The molecule has 0 aliphatic carbocycles. The average molecular weight is 201 g/mol. The van der Waals surface area contributed by atoms with Gasteiger partial charge in [-0.15, -0.1) is 0 Å². The van der Waals surface area contributed by atoms with Crippen molar-refractivity contribution >= 4 is 12.2 Å². The second-order valence-corrected chi connectivity index (χ2v) is 1.94. The van der Waals surface area contributed by atoms with Crippen molar-refractivity contribution in [2.24, 2.45) is 10.7 Å². The predicted molar refractivity (Wildman–Crippen MR) is 63.2 cm³/mol. The summed E-state index contributed by atoms with van der Waals surface area (Å²) in [6, 6.07) is 0. The van der Waals surface area contributed by atoms with Crippen LogP contribution in [0.2, 0.25) is 0 Å². The van der Waals surface area contributed by atoms with Crippen LogP contribution in [-0.2, 0) is 4.79 Å². The number of rotatable bonds is 3. The minimum absolute atomic E-state index is 0.212. The molecule has 1 amide bonds. The van der Waals surface area contributed by atoms with Crippen LogP contribution >= 0.6 is 0 Å². The molecule has 4 heteroatoms. The lowest BCUT2D eigenvalue weighted by Crippen LogP contribution is -2.10. The molecule has 0 bridgehead atoms. The molecule has 2 N–H and O–H groups in total. The second-order valence-electron chi connectivity index (χ2n) is 1.94. The van der Waals surface area contributed by atoms with Gasteiger partial charge in [0, 0.05) is 20.3 Å². The quantitative estimate of drug-likeness (QED) is 0.429. The molecule has 0 aliphatic rings. The van der Waals surface area contributed by atoms with Crippen LogP contribution in [0.5, 0.6) is 0 Å². The van der Waals surface area contributed by atoms with Gasteiger partial charge in [0.15, 0.2) is 0 Å². The highest BCUT2D eigenvalue weighted by molar-refractivity contribution is 5.95. The third-order valence-electron chi connectivity index (χ3n) is 0.745. The fourth-order valence-electron chi connectivity index (χ4n) is 0.329. The molecule has 0 fully saturated rings. The molecule has 84 valence electrons. The van der Waals surface area contributed by atoms with E-state index in [9.17, 15) is 4.79 Å². The standard InChI is InChI=1S/C6H11N3O.2C2H6/c1-9(2)4-3-6(7)8-5-10;2*1-2/h3-5H,1-2H3,(H2,7,8,10);2*1-2H3/b4-3-;;. The van der Waals surface area contributed by atoms with Crippen molar-refractivity contribution in [1.82, 2.24) is 4.90 Å². The summed E-state index contributed by atoms with van der Waals surface area (Å²) < 4.78 is 0. The number of carbonyl (C=O) groups excluding carboxylic acids is 1. The molecular weight excluding hydrogens is 178 g/mol. The number of aliphatic imine (C=N–C) groups is 1. The Kier molecular flexibility index (Phi) is 23.3. The minimum atomic E-state index is 0.212. The molecule has 0 aromatic heterocycles. The third-order valence-corrected chi connectivity index (χ3v) is 0.745. The van der Waals surface area contributed by atoms with Crippen molar-refractivity contribution in [3.8, 4) is 0 Å². The number of nitrogens with two attached hydrogens (primary N) is 1. The van der Waals surface area contributed by atoms with E-state index in [4.69, 9.17) is 5.73 Å². The fraction of sp³-hybridized carbons (Fsp3) is 0.600. The molecule has 0 rings (SSSR count). The first-order valence-corrected chi connectivity index (χ1v) is 4.78. The normalized spacial score (nSPS) is 9.43. The summed E-state index contributed by atoms with van der Waals surface area (Å²) in [6.45, 7) is 8.00. The summed E-state index contributed by atoms with van der Waals surface area (Å²) in [6.07, 6.45) is 3.67. The molecule has 0 heterocycles. The molecule has 0 saturated heterocycles. The topological polar surface area (TPSA) is 58.7 Å². The van der Waals surface area contributed by atoms with E-state index in [-0.39, 0.29) is 5.84 Å². The van der Waals surface area contributed by atoms with Gasteiger partial charge in [-0.2, -0.15) is 4.99 Å². The number of nitrogens with zero attached hydrogens (tertiary/aromatic N) is 2. The second kappa shape index (κ2) is 17.7. The Balaban J connectivity index is -0.000000266. The van der Waals surface area contributed by atoms with E-state index >= 15 is 0 Å². The number of hydrogen-bond acceptors (Lipinski definition) is 2. The average Bonchev–Trinajstić information content (AvgIpc) is 2.21. The smallest absolute Gasteiger partial charge is 0.234 e. The molecule has 0 aliphatic heterocycles. The molecule has 0 aromatic rings. The van der Waals surface area contributed by atoms with Gasteiger partial charge in [0.2, 0.25) is 6.41 Å². The van der Waals surface area contributed by atoms with Crippen molar-refractivity contribution in [1.29, 1.82) is 0 Å². The highest BCUT2D eigenvalue weighted by Gasteiger charge is 1.81. The van der Waals surface area contributed by atoms with Crippen molar-refractivity contribution in [2.75, 3.05) is 14.1 Å². The third kappa shape index (κ3) is 22.4. The van der Waals surface area contributed by atoms with E-state index < -0.39 is 0 Å². The maximum Gasteiger partial charge on any atom is 0.234 e. The Bertz CT molecular complexity index is 163. The molecule has 0 atom stereocenters. The maximum absolute atomic E-state index is 9.74. The highest BCUT2D eigenvalue weighted by atomic mass is 16.1. The van der Waals surface area contributed by atoms with E-state index in [2.05, 4.69) is 4.99 Å². The Morgan fingerprint density at radius 3 is 1.93 bits per heavy atom. The molecule has 0 saturated carbocycles. The Labute approximate surface area is 87.5 Å². The van der Waals surface area contributed by atoms with E-state index in [0.717, 1.165) is 0 Å². The van der Waals surface area contributed by atoms with Crippen LogP contribution in [0.1, 0.15) is 27.7 Å². The lowest BCUT2D eigenvalue weighted by molar-refractivity contribution is -0.106. The summed E-state index contributed by atoms with van der Waals surface area (Å²) in [5.74, 6) is 0.212. The van der Waals surface area contributed by atoms with E-state index in [1.807, 2.05) is 41.8 Å². The zero-order valence-electron chi connectivity index (χ0n) is 10.1. The predicted octanol–water partition coefficient (Wildman–Crippen LogP) is 1.63. The monoisotopic (exact) mass is 201 g/mol. The Morgan fingerprint density at radius 1 is 1.21 bits per heavy atom.